The fourth-order valence-electron chi connectivity index (χ4n) is 10.1. The zero-order valence-corrected chi connectivity index (χ0v) is 31.5. The topological polar surface area (TPSA) is 9.86 Å². The van der Waals surface area contributed by atoms with Gasteiger partial charge >= 0.3 is 0 Å². The molecule has 0 fully saturated rings. The lowest BCUT2D eigenvalue weighted by Gasteiger charge is -2.13. The van der Waals surface area contributed by atoms with E-state index in [4.69, 9.17) is 0 Å². The van der Waals surface area contributed by atoms with E-state index >= 15 is 0 Å². The molecule has 0 aliphatic heterocycles. The van der Waals surface area contributed by atoms with Crippen molar-refractivity contribution in [3.05, 3.63) is 206 Å². The Hall–Kier alpha value is -7.68. The summed E-state index contributed by atoms with van der Waals surface area (Å²) in [5.74, 6) is 0. The van der Waals surface area contributed by atoms with Crippen molar-refractivity contribution in [3.63, 3.8) is 0 Å². The maximum atomic E-state index is 2.47. The SMILES string of the molecule is c1ccc(-n2c3ccccc3c3cc(-c4ccc5c(c4)c4ccc6ccccc6c4n5-c4ccc(-c5ccc6c7c(cccc57)-c5ccccc5-6)cc4)ccc32)cc1. The van der Waals surface area contributed by atoms with Gasteiger partial charge in [-0.2, -0.15) is 0 Å². The third kappa shape index (κ3) is 4.37. The third-order valence-corrected chi connectivity index (χ3v) is 12.7. The summed E-state index contributed by atoms with van der Waals surface area (Å²) in [6.07, 6.45) is 0. The highest BCUT2D eigenvalue weighted by molar-refractivity contribution is 6.20. The molecule has 2 heterocycles. The number of hydrogen-bond donors (Lipinski definition) is 0. The van der Waals surface area contributed by atoms with Gasteiger partial charge in [0.15, 0.2) is 0 Å². The predicted octanol–water partition coefficient (Wildman–Crippen LogP) is 15.2. The number of rotatable bonds is 4. The summed E-state index contributed by atoms with van der Waals surface area (Å²) in [4.78, 5) is 0. The Morgan fingerprint density at radius 2 is 0.810 bits per heavy atom. The molecule has 0 saturated carbocycles. The van der Waals surface area contributed by atoms with Gasteiger partial charge in [0.2, 0.25) is 0 Å². The monoisotopic (exact) mass is 734 g/mol. The Balaban J connectivity index is 0.974. The second-order valence-corrected chi connectivity index (χ2v) is 15.7. The normalized spacial score (nSPS) is 12.1. The van der Waals surface area contributed by atoms with Crippen LogP contribution in [0.5, 0.6) is 0 Å². The van der Waals surface area contributed by atoms with Gasteiger partial charge < -0.3 is 9.13 Å². The fraction of sp³-hybridized carbons (Fsp3) is 0. The molecule has 10 aromatic carbocycles. The van der Waals surface area contributed by atoms with Gasteiger partial charge in [0, 0.05) is 38.3 Å². The molecule has 12 aromatic rings. The van der Waals surface area contributed by atoms with Crippen LogP contribution < -0.4 is 0 Å². The van der Waals surface area contributed by atoms with E-state index in [1.807, 2.05) is 0 Å². The fourth-order valence-corrected chi connectivity index (χ4v) is 10.1. The van der Waals surface area contributed by atoms with E-state index in [1.165, 1.54) is 115 Å². The molecular weight excluding hydrogens is 701 g/mol. The van der Waals surface area contributed by atoms with Crippen molar-refractivity contribution in [2.45, 2.75) is 0 Å². The minimum atomic E-state index is 1.15. The van der Waals surface area contributed by atoms with E-state index in [9.17, 15) is 0 Å². The first-order valence-electron chi connectivity index (χ1n) is 20.1. The van der Waals surface area contributed by atoms with Crippen molar-refractivity contribution in [2.24, 2.45) is 0 Å². The molecule has 0 atom stereocenters. The highest BCUT2D eigenvalue weighted by Gasteiger charge is 2.23. The Morgan fingerprint density at radius 1 is 0.259 bits per heavy atom. The molecule has 268 valence electrons. The minimum Gasteiger partial charge on any atom is -0.309 e. The predicted molar refractivity (Wildman–Crippen MR) is 245 cm³/mol. The second kappa shape index (κ2) is 11.9. The lowest BCUT2D eigenvalue weighted by molar-refractivity contribution is 1.18. The first-order chi connectivity index (χ1) is 28.8. The smallest absolute Gasteiger partial charge is 0.0619 e. The number of fused-ring (bicyclic) bond motifs is 11. The molecule has 0 amide bonds. The Kier molecular flexibility index (Phi) is 6.47. The molecule has 13 rings (SSSR count). The van der Waals surface area contributed by atoms with Crippen LogP contribution in [0.3, 0.4) is 0 Å². The van der Waals surface area contributed by atoms with Gasteiger partial charge in [0.25, 0.3) is 0 Å². The number of nitrogens with zero attached hydrogens (tertiary/aromatic N) is 2. The quantitative estimate of drug-likeness (QED) is 0.170. The summed E-state index contributed by atoms with van der Waals surface area (Å²) in [5, 5.41) is 10.2. The zero-order valence-electron chi connectivity index (χ0n) is 31.5. The van der Waals surface area contributed by atoms with Crippen LogP contribution in [0.1, 0.15) is 0 Å². The molecule has 2 heteroatoms. The van der Waals surface area contributed by atoms with Crippen LogP contribution >= 0.6 is 0 Å². The van der Waals surface area contributed by atoms with E-state index in [0.717, 1.165) is 5.69 Å². The molecule has 0 bridgehead atoms. The van der Waals surface area contributed by atoms with Gasteiger partial charge in [0.05, 0.1) is 22.1 Å². The molecule has 2 nitrogen and oxygen atoms in total. The Labute approximate surface area is 335 Å². The van der Waals surface area contributed by atoms with Crippen molar-refractivity contribution in [3.8, 4) is 55.9 Å². The minimum absolute atomic E-state index is 1.15. The average Bonchev–Trinajstić information content (AvgIpc) is 3.93. The molecule has 1 aliphatic rings. The number of para-hydroxylation sites is 2. The van der Waals surface area contributed by atoms with Crippen LogP contribution in [-0.2, 0) is 0 Å². The number of aromatic nitrogens is 2. The lowest BCUT2D eigenvalue weighted by atomic mass is 9.94. The molecule has 0 radical (unpaired) electrons. The Bertz CT molecular complexity index is 3630. The van der Waals surface area contributed by atoms with Crippen molar-refractivity contribution in [1.29, 1.82) is 0 Å². The number of hydrogen-bond acceptors (Lipinski definition) is 0. The molecule has 0 spiro atoms. The molecule has 2 aromatic heterocycles. The molecule has 1 aliphatic carbocycles. The molecule has 58 heavy (non-hydrogen) atoms. The van der Waals surface area contributed by atoms with E-state index in [2.05, 4.69) is 215 Å². The van der Waals surface area contributed by atoms with Gasteiger partial charge in [-0.15, -0.1) is 0 Å². The first kappa shape index (κ1) is 31.5. The van der Waals surface area contributed by atoms with Crippen LogP contribution in [0.15, 0.2) is 206 Å². The van der Waals surface area contributed by atoms with Crippen molar-refractivity contribution in [1.82, 2.24) is 9.13 Å². The van der Waals surface area contributed by atoms with Gasteiger partial charge in [-0.1, -0.05) is 152 Å². The third-order valence-electron chi connectivity index (χ3n) is 12.7. The highest BCUT2D eigenvalue weighted by atomic mass is 15.0. The summed E-state index contributed by atoms with van der Waals surface area (Å²) in [5.41, 5.74) is 17.4. The van der Waals surface area contributed by atoms with Gasteiger partial charge in [0.1, 0.15) is 0 Å². The van der Waals surface area contributed by atoms with Crippen molar-refractivity contribution >= 4 is 65.2 Å². The highest BCUT2D eigenvalue weighted by Crippen LogP contribution is 2.49. The summed E-state index contributed by atoms with van der Waals surface area (Å²) < 4.78 is 4.85. The second-order valence-electron chi connectivity index (χ2n) is 15.7. The molecule has 0 saturated heterocycles. The van der Waals surface area contributed by atoms with E-state index in [1.54, 1.807) is 0 Å². The van der Waals surface area contributed by atoms with Crippen LogP contribution in [0.2, 0.25) is 0 Å². The van der Waals surface area contributed by atoms with Crippen LogP contribution in [-0.4, -0.2) is 9.13 Å². The van der Waals surface area contributed by atoms with E-state index < -0.39 is 0 Å². The maximum Gasteiger partial charge on any atom is 0.0619 e. The van der Waals surface area contributed by atoms with Crippen molar-refractivity contribution < 1.29 is 0 Å². The summed E-state index contributed by atoms with van der Waals surface area (Å²) in [6, 6.07) is 76.2. The molecular formula is C56H34N2. The molecule has 0 unspecified atom stereocenters. The van der Waals surface area contributed by atoms with Gasteiger partial charge in [-0.3, -0.25) is 0 Å². The van der Waals surface area contributed by atoms with E-state index in [0.29, 0.717) is 0 Å². The Morgan fingerprint density at radius 3 is 1.60 bits per heavy atom. The largest absolute Gasteiger partial charge is 0.309 e. The van der Waals surface area contributed by atoms with E-state index in [-0.39, 0.29) is 0 Å². The van der Waals surface area contributed by atoms with Crippen LogP contribution in [0.4, 0.5) is 0 Å². The first-order valence-corrected chi connectivity index (χ1v) is 20.1. The standard InChI is InChI=1S/C56H34N2/c1-2-12-39(13-3-1)57-52-20-9-8-17-45(52)50-33-37(24-31-53(50)57)38-25-32-54-51(34-38)49-28-23-35-11-4-5-14-42(35)56(49)58(54)40-26-21-36(22-27-40)41-29-30-48-44-16-7-6-15-43(44)47-19-10-18-46(41)55(47)48/h1-34H. The zero-order chi connectivity index (χ0) is 37.9. The van der Waals surface area contributed by atoms with Crippen molar-refractivity contribution in [2.75, 3.05) is 0 Å². The van der Waals surface area contributed by atoms with Gasteiger partial charge in [-0.25, -0.2) is 0 Å². The van der Waals surface area contributed by atoms with Gasteiger partial charge in [-0.05, 0) is 115 Å². The summed E-state index contributed by atoms with van der Waals surface area (Å²) in [6.45, 7) is 0. The summed E-state index contributed by atoms with van der Waals surface area (Å²) >= 11 is 0. The maximum absolute atomic E-state index is 2.47. The molecule has 0 N–H and O–H groups in total. The lowest BCUT2D eigenvalue weighted by Crippen LogP contribution is -1.95. The average molecular weight is 735 g/mol. The van der Waals surface area contributed by atoms with Crippen LogP contribution in [0.25, 0.3) is 121 Å². The number of benzene rings is 10. The summed E-state index contributed by atoms with van der Waals surface area (Å²) in [7, 11) is 0. The van der Waals surface area contributed by atoms with Crippen LogP contribution in [0, 0.1) is 0 Å².